The Bertz CT molecular complexity index is 642. The Kier molecular flexibility index (Phi) is 6.71. The molecule has 142 valence electrons. The normalized spacial score (nSPS) is 21.0. The molecule has 0 heterocycles. The summed E-state index contributed by atoms with van der Waals surface area (Å²) in [5.74, 6) is -8.45. The molecular formula is C14H19BrO10. The van der Waals surface area contributed by atoms with Crippen molar-refractivity contribution in [2.24, 2.45) is 0 Å². The molecule has 0 spiro atoms. The number of aliphatic hydroxyl groups is 5. The van der Waals surface area contributed by atoms with Gasteiger partial charge in [0.15, 0.2) is 27.6 Å². The molecule has 0 bridgehead atoms. The highest BCUT2D eigenvalue weighted by Crippen LogP contribution is 2.45. The number of ketones is 5. The van der Waals surface area contributed by atoms with Gasteiger partial charge in [0.2, 0.25) is 22.6 Å². The molecule has 0 rings (SSSR count). The first kappa shape index (κ1) is 23.6. The first-order valence-electron chi connectivity index (χ1n) is 6.77. The minimum Gasteiger partial charge on any atom is -0.392 e. The van der Waals surface area contributed by atoms with Crippen LogP contribution in [0.15, 0.2) is 0 Å². The first-order valence-corrected chi connectivity index (χ1v) is 7.57. The summed E-state index contributed by atoms with van der Waals surface area (Å²) in [7, 11) is 0. The van der Waals surface area contributed by atoms with E-state index in [1.165, 1.54) is 0 Å². The van der Waals surface area contributed by atoms with Crippen LogP contribution in [0.2, 0.25) is 0 Å². The molecule has 25 heavy (non-hydrogen) atoms. The molecule has 0 saturated carbocycles. The van der Waals surface area contributed by atoms with Crippen LogP contribution in [0.3, 0.4) is 0 Å². The molecule has 0 unspecified atom stereocenters. The van der Waals surface area contributed by atoms with E-state index in [2.05, 4.69) is 15.9 Å². The van der Waals surface area contributed by atoms with Crippen LogP contribution in [0, 0.1) is 0 Å². The molecule has 10 nitrogen and oxygen atoms in total. The second-order valence-corrected chi connectivity index (χ2v) is 6.91. The minimum atomic E-state index is -4.01. The van der Waals surface area contributed by atoms with Gasteiger partial charge >= 0.3 is 0 Å². The van der Waals surface area contributed by atoms with Crippen molar-refractivity contribution in [1.82, 2.24) is 0 Å². The Morgan fingerprint density at radius 2 is 1.12 bits per heavy atom. The lowest BCUT2D eigenvalue weighted by molar-refractivity contribution is -0.251. The van der Waals surface area contributed by atoms with Gasteiger partial charge in [-0.25, -0.2) is 0 Å². The van der Waals surface area contributed by atoms with E-state index in [9.17, 15) is 49.5 Å². The number of aliphatic hydroxyl groups excluding tert-OH is 1. The van der Waals surface area contributed by atoms with Crippen LogP contribution >= 0.6 is 15.9 Å². The van der Waals surface area contributed by atoms with E-state index in [1.54, 1.807) is 0 Å². The van der Waals surface area contributed by atoms with Gasteiger partial charge in [0.25, 0.3) is 0 Å². The summed E-state index contributed by atoms with van der Waals surface area (Å²) in [6.07, 6.45) is 0. The molecule has 0 saturated heterocycles. The molecular weight excluding hydrogens is 408 g/mol. The van der Waals surface area contributed by atoms with Crippen molar-refractivity contribution in [1.29, 1.82) is 0 Å². The second kappa shape index (κ2) is 7.09. The molecule has 0 fully saturated rings. The Labute approximate surface area is 150 Å². The number of carbonyl (C=O) groups excluding carboxylic acids is 5. The summed E-state index contributed by atoms with van der Waals surface area (Å²) in [5.41, 5.74) is -11.7. The average Bonchev–Trinajstić information content (AvgIpc) is 2.50. The molecule has 0 aromatic rings. The van der Waals surface area contributed by atoms with Crippen molar-refractivity contribution >= 4 is 44.8 Å². The van der Waals surface area contributed by atoms with Crippen molar-refractivity contribution < 1.29 is 49.5 Å². The van der Waals surface area contributed by atoms with Crippen LogP contribution in [0.1, 0.15) is 27.7 Å². The lowest BCUT2D eigenvalue weighted by atomic mass is 9.61. The van der Waals surface area contributed by atoms with Gasteiger partial charge in [0.05, 0.1) is 6.61 Å². The molecule has 0 aliphatic rings. The maximum Gasteiger partial charge on any atom is 0.240 e. The van der Waals surface area contributed by atoms with Crippen LogP contribution < -0.4 is 0 Å². The summed E-state index contributed by atoms with van der Waals surface area (Å²) < 4.78 is -3.17. The molecule has 0 aliphatic heterocycles. The fourth-order valence-corrected chi connectivity index (χ4v) is 3.09. The predicted octanol–water partition coefficient (Wildman–Crippen LogP) is -2.82. The average molecular weight is 427 g/mol. The minimum absolute atomic E-state index is 0.496. The number of alkyl halides is 1. The number of carbonyl (C=O) groups is 5. The largest absolute Gasteiger partial charge is 0.392 e. The van der Waals surface area contributed by atoms with Gasteiger partial charge in [-0.3, -0.25) is 24.0 Å². The molecule has 5 N–H and O–H groups in total. The van der Waals surface area contributed by atoms with Crippen LogP contribution in [-0.4, -0.2) is 82.4 Å². The first-order chi connectivity index (χ1) is 11.0. The smallest absolute Gasteiger partial charge is 0.240 e. The molecule has 0 aliphatic carbocycles. The quantitative estimate of drug-likeness (QED) is 0.146. The lowest BCUT2D eigenvalue weighted by Gasteiger charge is -2.51. The van der Waals surface area contributed by atoms with Crippen LogP contribution in [-0.2, 0) is 24.0 Å². The number of hydrogen-bond donors (Lipinski definition) is 5. The van der Waals surface area contributed by atoms with E-state index >= 15 is 0 Å². The van der Waals surface area contributed by atoms with Crippen molar-refractivity contribution in [2.45, 2.75) is 49.0 Å². The maximum atomic E-state index is 12.1. The van der Waals surface area contributed by atoms with Crippen molar-refractivity contribution in [3.8, 4) is 0 Å². The van der Waals surface area contributed by atoms with E-state index in [0.717, 1.165) is 0 Å². The highest BCUT2D eigenvalue weighted by atomic mass is 79.9. The van der Waals surface area contributed by atoms with E-state index in [1.807, 2.05) is 0 Å². The van der Waals surface area contributed by atoms with Gasteiger partial charge in [-0.05, 0) is 36.7 Å². The van der Waals surface area contributed by atoms with Crippen LogP contribution in [0.5, 0.6) is 0 Å². The van der Waals surface area contributed by atoms with Gasteiger partial charge in [0.1, 0.15) is 0 Å². The summed E-state index contributed by atoms with van der Waals surface area (Å²) in [4.78, 5) is 59.6. The van der Waals surface area contributed by atoms with Gasteiger partial charge in [-0.1, -0.05) is 0 Å². The van der Waals surface area contributed by atoms with E-state index < -0.39 is 56.8 Å². The van der Waals surface area contributed by atoms with E-state index in [4.69, 9.17) is 0 Å². The maximum absolute atomic E-state index is 12.1. The van der Waals surface area contributed by atoms with E-state index in [-0.39, 0.29) is 0 Å². The Hall–Kier alpha value is -1.37. The summed E-state index contributed by atoms with van der Waals surface area (Å²) in [5, 5.41) is 51.4. The highest BCUT2D eigenvalue weighted by molar-refractivity contribution is 9.10. The molecule has 0 radical (unpaired) electrons. The van der Waals surface area contributed by atoms with Gasteiger partial charge in [-0.15, -0.1) is 0 Å². The van der Waals surface area contributed by atoms with Crippen LogP contribution in [0.4, 0.5) is 0 Å². The molecule has 0 amide bonds. The third kappa shape index (κ3) is 3.00. The number of Topliss-reactive ketones (excluding diaryl/α,β-unsaturated/α-hetero) is 5. The molecule has 11 heteroatoms. The summed E-state index contributed by atoms with van der Waals surface area (Å²) in [6.45, 7) is 0.669. The Balaban J connectivity index is 7.33. The standard InChI is InChI=1S/C14H19BrO10/c1-6(17)10(21)12(23,7(2)18)14(25,9(4)20)13(24,8(3)19)11(15,22)5-16/h16,22-25H,5H2,1-4H3/t11-,12+,13-,14-/m1/s1. The Morgan fingerprint density at radius 3 is 1.32 bits per heavy atom. The van der Waals surface area contributed by atoms with Crippen molar-refractivity contribution in [2.75, 3.05) is 6.61 Å². The predicted molar refractivity (Wildman–Crippen MR) is 83.5 cm³/mol. The summed E-state index contributed by atoms with van der Waals surface area (Å²) in [6, 6.07) is 0. The zero-order chi connectivity index (χ0) is 20.6. The Morgan fingerprint density at radius 1 is 0.760 bits per heavy atom. The number of hydrogen-bond acceptors (Lipinski definition) is 10. The van der Waals surface area contributed by atoms with Gasteiger partial charge in [0, 0.05) is 6.92 Å². The zero-order valence-corrected chi connectivity index (χ0v) is 15.4. The molecule has 0 aromatic carbocycles. The monoisotopic (exact) mass is 426 g/mol. The summed E-state index contributed by atoms with van der Waals surface area (Å²) >= 11 is 2.34. The third-order valence-corrected chi connectivity index (χ3v) is 4.81. The second-order valence-electron chi connectivity index (χ2n) is 5.60. The fraction of sp³-hybridized carbons (Fsp3) is 0.643. The SMILES string of the molecule is CC(=O)C(=O)[C@@](O)(C(C)=O)[C@](O)(C(C)=O)[C@@](O)(C(C)=O)[C@@](O)(Br)CO. The zero-order valence-electron chi connectivity index (χ0n) is 13.9. The topological polar surface area (TPSA) is 186 Å². The molecule has 0 aromatic heterocycles. The third-order valence-electron chi connectivity index (χ3n) is 3.99. The van der Waals surface area contributed by atoms with Gasteiger partial charge in [-0.2, -0.15) is 0 Å². The fourth-order valence-electron chi connectivity index (χ4n) is 2.52. The number of rotatable bonds is 9. The van der Waals surface area contributed by atoms with Gasteiger partial charge < -0.3 is 25.5 Å². The number of halogens is 1. The molecule has 4 atom stereocenters. The van der Waals surface area contributed by atoms with Crippen molar-refractivity contribution in [3.63, 3.8) is 0 Å². The highest BCUT2D eigenvalue weighted by Gasteiger charge is 2.78. The lowest BCUT2D eigenvalue weighted by Crippen LogP contribution is -2.83. The van der Waals surface area contributed by atoms with E-state index in [0.29, 0.717) is 27.7 Å². The van der Waals surface area contributed by atoms with Crippen molar-refractivity contribution in [3.05, 3.63) is 0 Å². The van der Waals surface area contributed by atoms with Crippen LogP contribution in [0.25, 0.3) is 0 Å².